The lowest BCUT2D eigenvalue weighted by atomic mass is 10.1. The van der Waals surface area contributed by atoms with Gasteiger partial charge in [0.25, 0.3) is 0 Å². The average molecular weight is 757 g/mol. The second-order valence-corrected chi connectivity index (χ2v) is 19.1. The largest absolute Gasteiger partial charge is 0.456 e. The van der Waals surface area contributed by atoms with Crippen molar-refractivity contribution in [3.05, 3.63) is 218 Å². The molecule has 0 bridgehead atoms. The Kier molecular flexibility index (Phi) is 7.25. The van der Waals surface area contributed by atoms with E-state index in [1.165, 1.54) is 58.8 Å². The predicted octanol–water partition coefficient (Wildman–Crippen LogP) is 11.2. The summed E-state index contributed by atoms with van der Waals surface area (Å²) in [6, 6.07) is 80.3. The molecule has 58 heavy (non-hydrogen) atoms. The van der Waals surface area contributed by atoms with Gasteiger partial charge in [0.15, 0.2) is 8.07 Å². The van der Waals surface area contributed by atoms with Gasteiger partial charge >= 0.3 is 0 Å². The highest BCUT2D eigenvalue weighted by molar-refractivity contribution is 7.19. The molecule has 0 saturated heterocycles. The molecule has 0 saturated carbocycles. The van der Waals surface area contributed by atoms with E-state index >= 15 is 0 Å². The summed E-state index contributed by atoms with van der Waals surface area (Å²) < 4.78 is 11.3. The zero-order chi connectivity index (χ0) is 38.2. The Hall–Kier alpha value is -7.40. The molecule has 4 heteroatoms. The lowest BCUT2D eigenvalue weighted by Gasteiger charge is -2.34. The van der Waals surface area contributed by atoms with E-state index in [0.717, 1.165) is 38.8 Å². The molecule has 12 aromatic rings. The molecular formula is C54H36N2OSi. The number of nitrogens with zero attached hydrogens (tertiary/aromatic N) is 2. The minimum Gasteiger partial charge on any atom is -0.456 e. The van der Waals surface area contributed by atoms with Crippen molar-refractivity contribution in [2.75, 3.05) is 0 Å². The molecule has 0 fully saturated rings. The Balaban J connectivity index is 1.10. The molecule has 12 rings (SSSR count). The maximum absolute atomic E-state index is 6.43. The molecule has 0 unspecified atom stereocenters. The van der Waals surface area contributed by atoms with Crippen molar-refractivity contribution in [2.24, 2.45) is 0 Å². The van der Waals surface area contributed by atoms with Crippen molar-refractivity contribution in [1.29, 1.82) is 0 Å². The van der Waals surface area contributed by atoms with Crippen molar-refractivity contribution in [3.8, 4) is 11.4 Å². The monoisotopic (exact) mass is 756 g/mol. The molecule has 0 aliphatic rings. The number of hydrogen-bond acceptors (Lipinski definition) is 1. The lowest BCUT2D eigenvalue weighted by Crippen LogP contribution is -2.74. The van der Waals surface area contributed by atoms with Crippen molar-refractivity contribution < 1.29 is 4.42 Å². The number of aromatic nitrogens is 2. The Labute approximate surface area is 336 Å². The normalized spacial score (nSPS) is 12.1. The Morgan fingerprint density at radius 3 is 1.40 bits per heavy atom. The standard InChI is InChI=1S/C54H36N2OSi/c1-4-18-39(19-5-1)58(40-20-6-2-7-21-40,41-22-8-3-9-23-41)42-24-16-17-37(33-42)55-49-28-13-10-25-43(49)46-34-38(31-32-51(46)55)56-50-29-14-11-26-44(50)47-35-48-45-27-12-15-30-53(45)57-54(48)36-52(47)56/h1-36H. The third-order valence-electron chi connectivity index (χ3n) is 12.2. The molecule has 0 aliphatic carbocycles. The summed E-state index contributed by atoms with van der Waals surface area (Å²) in [5.74, 6) is 0. The van der Waals surface area contributed by atoms with Crippen LogP contribution >= 0.6 is 0 Å². The van der Waals surface area contributed by atoms with Gasteiger partial charge in [-0.3, -0.25) is 0 Å². The van der Waals surface area contributed by atoms with Gasteiger partial charge in [0.05, 0.1) is 22.1 Å². The maximum atomic E-state index is 6.43. The van der Waals surface area contributed by atoms with E-state index in [1.807, 2.05) is 6.07 Å². The van der Waals surface area contributed by atoms with Gasteiger partial charge in [-0.15, -0.1) is 0 Å². The van der Waals surface area contributed by atoms with Gasteiger partial charge in [-0.1, -0.05) is 158 Å². The molecule has 3 aromatic heterocycles. The van der Waals surface area contributed by atoms with Crippen LogP contribution in [0, 0.1) is 0 Å². The number of hydrogen-bond donors (Lipinski definition) is 0. The van der Waals surface area contributed by atoms with Crippen LogP contribution in [-0.4, -0.2) is 17.2 Å². The third-order valence-corrected chi connectivity index (χ3v) is 17.0. The van der Waals surface area contributed by atoms with Crippen molar-refractivity contribution in [3.63, 3.8) is 0 Å². The van der Waals surface area contributed by atoms with Crippen LogP contribution in [0.4, 0.5) is 0 Å². The van der Waals surface area contributed by atoms with Gasteiger partial charge < -0.3 is 13.6 Å². The number of benzene rings is 9. The Bertz CT molecular complexity index is 3410. The molecule has 0 amide bonds. The topological polar surface area (TPSA) is 23.0 Å². The number of furan rings is 1. The van der Waals surface area contributed by atoms with E-state index in [1.54, 1.807) is 0 Å². The van der Waals surface area contributed by atoms with Crippen LogP contribution in [-0.2, 0) is 0 Å². The molecule has 9 aromatic carbocycles. The van der Waals surface area contributed by atoms with E-state index in [-0.39, 0.29) is 0 Å². The van der Waals surface area contributed by atoms with Crippen molar-refractivity contribution >= 4 is 94.4 Å². The summed E-state index contributed by atoms with van der Waals surface area (Å²) in [4.78, 5) is 0. The molecule has 3 nitrogen and oxygen atoms in total. The second kappa shape index (κ2) is 12.8. The first-order valence-corrected chi connectivity index (χ1v) is 21.9. The zero-order valence-electron chi connectivity index (χ0n) is 31.6. The van der Waals surface area contributed by atoms with Gasteiger partial charge in [0.2, 0.25) is 0 Å². The Morgan fingerprint density at radius 2 is 0.759 bits per heavy atom. The van der Waals surface area contributed by atoms with Gasteiger partial charge in [0.1, 0.15) is 11.2 Å². The molecule has 0 spiro atoms. The fraction of sp³-hybridized carbons (Fsp3) is 0. The highest BCUT2D eigenvalue weighted by atomic mass is 28.3. The summed E-state index contributed by atoms with van der Waals surface area (Å²) in [6.45, 7) is 0. The van der Waals surface area contributed by atoms with E-state index in [0.29, 0.717) is 0 Å². The predicted molar refractivity (Wildman–Crippen MR) is 246 cm³/mol. The van der Waals surface area contributed by atoms with Gasteiger partial charge in [-0.05, 0) is 75.3 Å². The quantitative estimate of drug-likeness (QED) is 0.122. The minimum atomic E-state index is -2.73. The molecular weight excluding hydrogens is 721 g/mol. The number of fused-ring (bicyclic) bond motifs is 9. The van der Waals surface area contributed by atoms with E-state index in [2.05, 4.69) is 221 Å². The molecule has 0 atom stereocenters. The van der Waals surface area contributed by atoms with Gasteiger partial charge in [0, 0.05) is 49.8 Å². The highest BCUT2D eigenvalue weighted by Gasteiger charge is 2.41. The van der Waals surface area contributed by atoms with Crippen LogP contribution < -0.4 is 20.7 Å². The van der Waals surface area contributed by atoms with E-state index in [4.69, 9.17) is 4.42 Å². The third kappa shape index (κ3) is 4.73. The fourth-order valence-corrected chi connectivity index (χ4v) is 14.6. The SMILES string of the molecule is c1ccc([Si](c2ccccc2)(c2ccccc2)c2cccc(-n3c4ccccc4c4cc(-n5c6ccccc6c6cc7c(cc65)oc5ccccc57)ccc43)c2)cc1. The molecule has 0 radical (unpaired) electrons. The minimum absolute atomic E-state index is 0.899. The summed E-state index contributed by atoms with van der Waals surface area (Å²) >= 11 is 0. The highest BCUT2D eigenvalue weighted by Crippen LogP contribution is 2.40. The first-order chi connectivity index (χ1) is 28.8. The summed E-state index contributed by atoms with van der Waals surface area (Å²) in [6.07, 6.45) is 0. The molecule has 3 heterocycles. The first-order valence-electron chi connectivity index (χ1n) is 19.9. The number of rotatable bonds is 6. The van der Waals surface area contributed by atoms with Crippen LogP contribution in [0.5, 0.6) is 0 Å². The van der Waals surface area contributed by atoms with Gasteiger partial charge in [-0.25, -0.2) is 0 Å². The van der Waals surface area contributed by atoms with E-state index in [9.17, 15) is 0 Å². The summed E-state index contributed by atoms with van der Waals surface area (Å²) in [5, 5.41) is 12.6. The maximum Gasteiger partial charge on any atom is 0.179 e. The van der Waals surface area contributed by atoms with Crippen LogP contribution in [0.2, 0.25) is 0 Å². The summed E-state index contributed by atoms with van der Waals surface area (Å²) in [7, 11) is -2.73. The molecule has 0 aliphatic heterocycles. The smallest absolute Gasteiger partial charge is 0.179 e. The number of para-hydroxylation sites is 3. The zero-order valence-corrected chi connectivity index (χ0v) is 32.6. The molecule has 272 valence electrons. The van der Waals surface area contributed by atoms with Crippen molar-refractivity contribution in [2.45, 2.75) is 0 Å². The van der Waals surface area contributed by atoms with E-state index < -0.39 is 8.07 Å². The Morgan fingerprint density at radius 1 is 0.276 bits per heavy atom. The van der Waals surface area contributed by atoms with Crippen molar-refractivity contribution in [1.82, 2.24) is 9.13 Å². The lowest BCUT2D eigenvalue weighted by molar-refractivity contribution is 0.669. The molecule has 0 N–H and O–H groups in total. The average Bonchev–Trinajstić information content (AvgIpc) is 3.94. The first kappa shape index (κ1) is 32.8. The van der Waals surface area contributed by atoms with Crippen LogP contribution in [0.15, 0.2) is 223 Å². The fourth-order valence-electron chi connectivity index (χ4n) is 9.79. The second-order valence-electron chi connectivity index (χ2n) is 15.3. The summed E-state index contributed by atoms with van der Waals surface area (Å²) in [5.41, 5.74) is 8.75. The van der Waals surface area contributed by atoms with Crippen LogP contribution in [0.3, 0.4) is 0 Å². The van der Waals surface area contributed by atoms with Crippen LogP contribution in [0.25, 0.3) is 76.9 Å². The van der Waals surface area contributed by atoms with Crippen LogP contribution in [0.1, 0.15) is 0 Å². The van der Waals surface area contributed by atoms with Gasteiger partial charge in [-0.2, -0.15) is 0 Å².